The molecule has 1 heterocycles. The van der Waals surface area contributed by atoms with Crippen molar-refractivity contribution in [1.82, 2.24) is 4.98 Å². The molecule has 0 aromatic carbocycles. The number of rotatable bonds is 6. The number of pyridine rings is 1. The molecule has 1 aromatic heterocycles. The van der Waals surface area contributed by atoms with Gasteiger partial charge in [0.15, 0.2) is 5.82 Å². The van der Waals surface area contributed by atoms with Crippen LogP contribution in [0.25, 0.3) is 0 Å². The second-order valence-corrected chi connectivity index (χ2v) is 4.93. The Bertz CT molecular complexity index is 332. The monoisotopic (exact) mass is 235 g/mol. The smallest absolute Gasteiger partial charge is 0.152 e. The molecule has 0 spiro atoms. The van der Waals surface area contributed by atoms with E-state index in [9.17, 15) is 0 Å². The summed E-state index contributed by atoms with van der Waals surface area (Å²) in [5.74, 6) is 1.55. The van der Waals surface area contributed by atoms with Crippen LogP contribution in [0.5, 0.6) is 0 Å². The van der Waals surface area contributed by atoms with E-state index in [1.165, 1.54) is 0 Å². The molecule has 0 amide bonds. The van der Waals surface area contributed by atoms with Crippen molar-refractivity contribution < 1.29 is 0 Å². The SMILES string of the molecule is CCC(CC)N(CC(C)C)c1ncccc1N. The van der Waals surface area contributed by atoms with Crippen molar-refractivity contribution in [2.75, 3.05) is 17.2 Å². The van der Waals surface area contributed by atoms with Gasteiger partial charge in [0, 0.05) is 18.8 Å². The Morgan fingerprint density at radius 1 is 1.29 bits per heavy atom. The fraction of sp³-hybridized carbons (Fsp3) is 0.643. The van der Waals surface area contributed by atoms with Gasteiger partial charge in [-0.3, -0.25) is 0 Å². The highest BCUT2D eigenvalue weighted by atomic mass is 15.2. The summed E-state index contributed by atoms with van der Waals surface area (Å²) >= 11 is 0. The minimum absolute atomic E-state index is 0.523. The number of nitrogens with two attached hydrogens (primary N) is 1. The molecule has 0 saturated heterocycles. The van der Waals surface area contributed by atoms with E-state index in [0.717, 1.165) is 30.9 Å². The molecular formula is C14H25N3. The molecule has 1 rings (SSSR count). The van der Waals surface area contributed by atoms with Crippen molar-refractivity contribution in [2.45, 2.75) is 46.6 Å². The lowest BCUT2D eigenvalue weighted by molar-refractivity contribution is 0.504. The van der Waals surface area contributed by atoms with Gasteiger partial charge in [-0.05, 0) is 30.9 Å². The van der Waals surface area contributed by atoms with Gasteiger partial charge in [0.25, 0.3) is 0 Å². The van der Waals surface area contributed by atoms with Gasteiger partial charge in [0.1, 0.15) is 0 Å². The molecule has 0 atom stereocenters. The summed E-state index contributed by atoms with van der Waals surface area (Å²) in [6, 6.07) is 4.34. The third-order valence-corrected chi connectivity index (χ3v) is 3.03. The lowest BCUT2D eigenvalue weighted by Gasteiger charge is -2.33. The van der Waals surface area contributed by atoms with E-state index in [0.29, 0.717) is 12.0 Å². The first-order valence-corrected chi connectivity index (χ1v) is 6.57. The van der Waals surface area contributed by atoms with E-state index in [4.69, 9.17) is 5.73 Å². The summed E-state index contributed by atoms with van der Waals surface area (Å²) in [5, 5.41) is 0. The van der Waals surface area contributed by atoms with Crippen LogP contribution in [-0.2, 0) is 0 Å². The number of nitrogen functional groups attached to an aromatic ring is 1. The Balaban J connectivity index is 3.01. The number of nitrogens with zero attached hydrogens (tertiary/aromatic N) is 2. The van der Waals surface area contributed by atoms with Crippen molar-refractivity contribution in [2.24, 2.45) is 5.92 Å². The zero-order chi connectivity index (χ0) is 12.8. The highest BCUT2D eigenvalue weighted by molar-refractivity contribution is 5.62. The lowest BCUT2D eigenvalue weighted by atomic mass is 10.1. The summed E-state index contributed by atoms with van der Waals surface area (Å²) in [7, 11) is 0. The number of aromatic nitrogens is 1. The Hall–Kier alpha value is -1.25. The number of anilines is 2. The molecule has 0 fully saturated rings. The predicted molar refractivity (Wildman–Crippen MR) is 75.2 cm³/mol. The van der Waals surface area contributed by atoms with Crippen LogP contribution in [0.15, 0.2) is 18.3 Å². The van der Waals surface area contributed by atoms with Crippen LogP contribution >= 0.6 is 0 Å². The molecule has 0 aliphatic heterocycles. The molecule has 3 heteroatoms. The molecule has 2 N–H and O–H groups in total. The van der Waals surface area contributed by atoms with Crippen molar-refractivity contribution in [3.05, 3.63) is 18.3 Å². The van der Waals surface area contributed by atoms with Gasteiger partial charge >= 0.3 is 0 Å². The van der Waals surface area contributed by atoms with Gasteiger partial charge in [-0.15, -0.1) is 0 Å². The summed E-state index contributed by atoms with van der Waals surface area (Å²) < 4.78 is 0. The first-order chi connectivity index (χ1) is 8.10. The molecular weight excluding hydrogens is 210 g/mol. The van der Waals surface area contributed by atoms with E-state index in [1.54, 1.807) is 0 Å². The van der Waals surface area contributed by atoms with Crippen molar-refractivity contribution in [3.63, 3.8) is 0 Å². The standard InChI is InChI=1S/C14H25N3/c1-5-12(6-2)17(10-11(3)4)14-13(15)8-7-9-16-14/h7-9,11-12H,5-6,10,15H2,1-4H3. The average molecular weight is 235 g/mol. The van der Waals surface area contributed by atoms with Gasteiger partial charge in [-0.2, -0.15) is 0 Å². The van der Waals surface area contributed by atoms with E-state index in [-0.39, 0.29) is 0 Å². The quantitative estimate of drug-likeness (QED) is 0.822. The summed E-state index contributed by atoms with van der Waals surface area (Å²) in [6.07, 6.45) is 4.07. The van der Waals surface area contributed by atoms with Crippen LogP contribution < -0.4 is 10.6 Å². The first kappa shape index (κ1) is 13.8. The van der Waals surface area contributed by atoms with Crippen molar-refractivity contribution >= 4 is 11.5 Å². The first-order valence-electron chi connectivity index (χ1n) is 6.57. The van der Waals surface area contributed by atoms with Crippen LogP contribution in [-0.4, -0.2) is 17.6 Å². The number of hydrogen-bond donors (Lipinski definition) is 1. The Morgan fingerprint density at radius 2 is 1.94 bits per heavy atom. The average Bonchev–Trinajstić information content (AvgIpc) is 2.29. The molecule has 96 valence electrons. The maximum atomic E-state index is 6.04. The lowest BCUT2D eigenvalue weighted by Crippen LogP contribution is -2.38. The fourth-order valence-electron chi connectivity index (χ4n) is 2.18. The van der Waals surface area contributed by atoms with Crippen LogP contribution in [0.3, 0.4) is 0 Å². The predicted octanol–water partition coefficient (Wildman–Crippen LogP) is 3.31. The maximum absolute atomic E-state index is 6.04. The van der Waals surface area contributed by atoms with E-state index >= 15 is 0 Å². The van der Waals surface area contributed by atoms with Crippen molar-refractivity contribution in [1.29, 1.82) is 0 Å². The summed E-state index contributed by atoms with van der Waals surface area (Å²) in [6.45, 7) is 9.91. The van der Waals surface area contributed by atoms with E-state index < -0.39 is 0 Å². The zero-order valence-corrected chi connectivity index (χ0v) is 11.5. The minimum atomic E-state index is 0.523. The van der Waals surface area contributed by atoms with Crippen LogP contribution in [0.2, 0.25) is 0 Å². The van der Waals surface area contributed by atoms with E-state index in [2.05, 4.69) is 37.6 Å². The molecule has 0 aliphatic carbocycles. The van der Waals surface area contributed by atoms with Gasteiger partial charge in [0.05, 0.1) is 5.69 Å². The topological polar surface area (TPSA) is 42.2 Å². The molecule has 0 unspecified atom stereocenters. The molecule has 0 aliphatic rings. The van der Waals surface area contributed by atoms with Gasteiger partial charge in [-0.25, -0.2) is 4.98 Å². The van der Waals surface area contributed by atoms with Crippen molar-refractivity contribution in [3.8, 4) is 0 Å². The van der Waals surface area contributed by atoms with Crippen LogP contribution in [0.4, 0.5) is 11.5 Å². The van der Waals surface area contributed by atoms with E-state index in [1.807, 2.05) is 18.3 Å². The fourth-order valence-corrected chi connectivity index (χ4v) is 2.18. The van der Waals surface area contributed by atoms with Gasteiger partial charge in [-0.1, -0.05) is 27.7 Å². The molecule has 3 nitrogen and oxygen atoms in total. The maximum Gasteiger partial charge on any atom is 0.152 e. The molecule has 17 heavy (non-hydrogen) atoms. The molecule has 0 saturated carbocycles. The summed E-state index contributed by atoms with van der Waals surface area (Å²) in [5.41, 5.74) is 6.82. The highest BCUT2D eigenvalue weighted by Crippen LogP contribution is 2.25. The Kier molecular flexibility index (Phi) is 5.26. The summed E-state index contributed by atoms with van der Waals surface area (Å²) in [4.78, 5) is 6.81. The minimum Gasteiger partial charge on any atom is -0.396 e. The number of hydrogen-bond acceptors (Lipinski definition) is 3. The van der Waals surface area contributed by atoms with Crippen LogP contribution in [0.1, 0.15) is 40.5 Å². The van der Waals surface area contributed by atoms with Gasteiger partial charge < -0.3 is 10.6 Å². The largest absolute Gasteiger partial charge is 0.396 e. The zero-order valence-electron chi connectivity index (χ0n) is 11.5. The second-order valence-electron chi connectivity index (χ2n) is 4.93. The Labute approximate surface area is 105 Å². The van der Waals surface area contributed by atoms with Gasteiger partial charge in [0.2, 0.25) is 0 Å². The Morgan fingerprint density at radius 3 is 2.41 bits per heavy atom. The second kappa shape index (κ2) is 6.48. The van der Waals surface area contributed by atoms with Crippen LogP contribution in [0, 0.1) is 5.92 Å². The molecule has 0 radical (unpaired) electrons. The third-order valence-electron chi connectivity index (χ3n) is 3.03. The molecule has 1 aromatic rings. The normalized spacial score (nSPS) is 11.2. The highest BCUT2D eigenvalue weighted by Gasteiger charge is 2.19. The third kappa shape index (κ3) is 3.62. The molecule has 0 bridgehead atoms.